The van der Waals surface area contributed by atoms with Crippen molar-refractivity contribution in [2.45, 2.75) is 18.9 Å². The second-order valence-corrected chi connectivity index (χ2v) is 7.12. The predicted octanol–water partition coefficient (Wildman–Crippen LogP) is 3.25. The average molecular weight is 383 g/mol. The summed E-state index contributed by atoms with van der Waals surface area (Å²) in [5.74, 6) is -0.102. The molecule has 2 heterocycles. The smallest absolute Gasteiger partial charge is 0.253 e. The summed E-state index contributed by atoms with van der Waals surface area (Å²) < 4.78 is 0. The lowest BCUT2D eigenvalue weighted by Gasteiger charge is -2.32. The van der Waals surface area contributed by atoms with Crippen molar-refractivity contribution in [3.8, 4) is 0 Å². The van der Waals surface area contributed by atoms with Gasteiger partial charge in [-0.15, -0.1) is 0 Å². The highest BCUT2D eigenvalue weighted by Gasteiger charge is 2.25. The van der Waals surface area contributed by atoms with Crippen LogP contribution in [0.3, 0.4) is 0 Å². The highest BCUT2D eigenvalue weighted by atomic mass is 35.5. The number of hydrogen-bond acceptors (Lipinski definition) is 3. The van der Waals surface area contributed by atoms with Gasteiger partial charge in [0.05, 0.1) is 17.4 Å². The zero-order valence-electron chi connectivity index (χ0n) is 14.6. The van der Waals surface area contributed by atoms with E-state index in [1.165, 1.54) is 0 Å². The van der Waals surface area contributed by atoms with E-state index in [-0.39, 0.29) is 17.9 Å². The molecule has 4 rings (SSSR count). The Kier molecular flexibility index (Phi) is 4.81. The summed E-state index contributed by atoms with van der Waals surface area (Å²) in [6, 6.07) is 12.4. The standard InChI is InChI=1S/C20H19ClN4O2/c21-15-4-1-13(2-5-15)20(27)25-9-7-16(8-10-25)24-19(26)14-3-6-17-18(11-14)23-12-22-17/h1-6,11-12,16H,7-10H2,(H,22,23)(H,24,26). The van der Waals surface area contributed by atoms with Crippen molar-refractivity contribution in [2.75, 3.05) is 13.1 Å². The van der Waals surface area contributed by atoms with E-state index in [9.17, 15) is 9.59 Å². The Balaban J connectivity index is 1.34. The van der Waals surface area contributed by atoms with Crippen molar-refractivity contribution in [1.82, 2.24) is 20.2 Å². The molecule has 2 N–H and O–H groups in total. The third kappa shape index (κ3) is 3.80. The predicted molar refractivity (Wildman–Crippen MR) is 104 cm³/mol. The molecule has 0 bridgehead atoms. The van der Waals surface area contributed by atoms with Crippen molar-refractivity contribution >= 4 is 34.4 Å². The van der Waals surface area contributed by atoms with Gasteiger partial charge in [0, 0.05) is 35.3 Å². The summed E-state index contributed by atoms with van der Waals surface area (Å²) in [7, 11) is 0. The van der Waals surface area contributed by atoms with E-state index in [4.69, 9.17) is 11.6 Å². The van der Waals surface area contributed by atoms with Crippen LogP contribution in [0.15, 0.2) is 48.8 Å². The van der Waals surface area contributed by atoms with Crippen molar-refractivity contribution in [2.24, 2.45) is 0 Å². The number of aromatic amines is 1. The minimum atomic E-state index is -0.103. The lowest BCUT2D eigenvalue weighted by Crippen LogP contribution is -2.46. The van der Waals surface area contributed by atoms with Crippen LogP contribution in [0.5, 0.6) is 0 Å². The maximum Gasteiger partial charge on any atom is 0.253 e. The molecule has 7 heteroatoms. The Labute approximate surface area is 161 Å². The van der Waals surface area contributed by atoms with E-state index in [1.54, 1.807) is 42.7 Å². The Bertz CT molecular complexity index is 975. The number of fused-ring (bicyclic) bond motifs is 1. The summed E-state index contributed by atoms with van der Waals surface area (Å²) in [5, 5.41) is 3.68. The average Bonchev–Trinajstić information content (AvgIpc) is 3.16. The molecule has 2 aromatic carbocycles. The lowest BCUT2D eigenvalue weighted by molar-refractivity contribution is 0.0698. The number of amides is 2. The van der Waals surface area contributed by atoms with E-state index < -0.39 is 0 Å². The van der Waals surface area contributed by atoms with Gasteiger partial charge in [-0.1, -0.05) is 11.6 Å². The fourth-order valence-corrected chi connectivity index (χ4v) is 3.47. The van der Waals surface area contributed by atoms with Crippen LogP contribution in [-0.4, -0.2) is 45.8 Å². The third-order valence-corrected chi connectivity index (χ3v) is 5.14. The van der Waals surface area contributed by atoms with Gasteiger partial charge in [-0.05, 0) is 55.3 Å². The van der Waals surface area contributed by atoms with Crippen LogP contribution in [0.25, 0.3) is 11.0 Å². The van der Waals surface area contributed by atoms with Gasteiger partial charge in [0.2, 0.25) is 0 Å². The molecule has 1 saturated heterocycles. The van der Waals surface area contributed by atoms with Crippen molar-refractivity contribution in [3.05, 3.63) is 64.9 Å². The SMILES string of the molecule is O=C(NC1CCN(C(=O)c2ccc(Cl)cc2)CC1)c1ccc2nc[nH]c2c1. The highest BCUT2D eigenvalue weighted by Crippen LogP contribution is 2.17. The lowest BCUT2D eigenvalue weighted by atomic mass is 10.0. The molecule has 2 amide bonds. The number of piperidine rings is 1. The fourth-order valence-electron chi connectivity index (χ4n) is 3.35. The molecule has 1 aliphatic heterocycles. The number of carbonyl (C=O) groups excluding carboxylic acids is 2. The highest BCUT2D eigenvalue weighted by molar-refractivity contribution is 6.30. The number of halogens is 1. The van der Waals surface area contributed by atoms with Gasteiger partial charge in [0.1, 0.15) is 0 Å². The Morgan fingerprint density at radius 3 is 2.52 bits per heavy atom. The topological polar surface area (TPSA) is 78.1 Å². The number of aromatic nitrogens is 2. The quantitative estimate of drug-likeness (QED) is 0.729. The molecule has 27 heavy (non-hydrogen) atoms. The van der Waals surface area contributed by atoms with Gasteiger partial charge < -0.3 is 15.2 Å². The number of nitrogens with one attached hydrogen (secondary N) is 2. The fraction of sp³-hybridized carbons (Fsp3) is 0.250. The normalized spacial score (nSPS) is 15.1. The maximum atomic E-state index is 12.5. The molecule has 138 valence electrons. The summed E-state index contributed by atoms with van der Waals surface area (Å²) in [5.41, 5.74) is 2.91. The molecule has 1 aromatic heterocycles. The number of likely N-dealkylation sites (tertiary alicyclic amines) is 1. The largest absolute Gasteiger partial charge is 0.349 e. The van der Waals surface area contributed by atoms with E-state index in [2.05, 4.69) is 15.3 Å². The van der Waals surface area contributed by atoms with E-state index in [0.717, 1.165) is 23.9 Å². The molecule has 0 atom stereocenters. The number of carbonyl (C=O) groups is 2. The Morgan fingerprint density at radius 1 is 1.07 bits per heavy atom. The third-order valence-electron chi connectivity index (χ3n) is 4.89. The molecule has 1 aliphatic rings. The van der Waals surface area contributed by atoms with E-state index in [0.29, 0.717) is 29.2 Å². The monoisotopic (exact) mass is 382 g/mol. The van der Waals surface area contributed by atoms with Crippen LogP contribution in [-0.2, 0) is 0 Å². The van der Waals surface area contributed by atoms with Gasteiger partial charge in [-0.3, -0.25) is 9.59 Å². The first-order valence-corrected chi connectivity index (χ1v) is 9.27. The van der Waals surface area contributed by atoms with Gasteiger partial charge in [0.15, 0.2) is 0 Å². The Morgan fingerprint density at radius 2 is 1.78 bits per heavy atom. The molecule has 6 nitrogen and oxygen atoms in total. The van der Waals surface area contributed by atoms with Crippen LogP contribution >= 0.6 is 11.6 Å². The maximum absolute atomic E-state index is 12.5. The number of benzene rings is 2. The van der Waals surface area contributed by atoms with Crippen LogP contribution in [0, 0.1) is 0 Å². The Hall–Kier alpha value is -2.86. The van der Waals surface area contributed by atoms with Crippen molar-refractivity contribution in [1.29, 1.82) is 0 Å². The zero-order chi connectivity index (χ0) is 18.8. The van der Waals surface area contributed by atoms with Gasteiger partial charge in [-0.2, -0.15) is 0 Å². The minimum Gasteiger partial charge on any atom is -0.349 e. The minimum absolute atomic E-state index is 0.00106. The van der Waals surface area contributed by atoms with Crippen LogP contribution in [0.4, 0.5) is 0 Å². The van der Waals surface area contributed by atoms with E-state index >= 15 is 0 Å². The van der Waals surface area contributed by atoms with Crippen LogP contribution in [0.1, 0.15) is 33.6 Å². The van der Waals surface area contributed by atoms with E-state index in [1.807, 2.05) is 11.0 Å². The number of H-pyrrole nitrogens is 1. The summed E-state index contributed by atoms with van der Waals surface area (Å²) in [6.45, 7) is 1.23. The number of hydrogen-bond donors (Lipinski definition) is 2. The molecule has 0 radical (unpaired) electrons. The van der Waals surface area contributed by atoms with Gasteiger partial charge >= 0.3 is 0 Å². The number of rotatable bonds is 3. The molecule has 0 aliphatic carbocycles. The zero-order valence-corrected chi connectivity index (χ0v) is 15.4. The molecule has 0 spiro atoms. The molecule has 3 aromatic rings. The molecular formula is C20H19ClN4O2. The van der Waals surface area contributed by atoms with Crippen molar-refractivity contribution < 1.29 is 9.59 Å². The first-order valence-electron chi connectivity index (χ1n) is 8.89. The van der Waals surface area contributed by atoms with Gasteiger partial charge in [-0.25, -0.2) is 4.98 Å². The number of imidazole rings is 1. The van der Waals surface area contributed by atoms with Gasteiger partial charge in [0.25, 0.3) is 11.8 Å². The molecule has 0 unspecified atom stereocenters. The first kappa shape index (κ1) is 17.5. The second kappa shape index (κ2) is 7.40. The summed E-state index contributed by atoms with van der Waals surface area (Å²) in [4.78, 5) is 34.0. The summed E-state index contributed by atoms with van der Waals surface area (Å²) >= 11 is 5.88. The summed E-state index contributed by atoms with van der Waals surface area (Å²) in [6.07, 6.45) is 3.08. The molecule has 0 saturated carbocycles. The number of nitrogens with zero attached hydrogens (tertiary/aromatic N) is 2. The van der Waals surface area contributed by atoms with Crippen LogP contribution < -0.4 is 5.32 Å². The molecule has 1 fully saturated rings. The second-order valence-electron chi connectivity index (χ2n) is 6.68. The van der Waals surface area contributed by atoms with Crippen LogP contribution in [0.2, 0.25) is 5.02 Å². The first-order chi connectivity index (χ1) is 13.1. The molecular weight excluding hydrogens is 364 g/mol. The van der Waals surface area contributed by atoms with Crippen molar-refractivity contribution in [3.63, 3.8) is 0 Å².